The van der Waals surface area contributed by atoms with Crippen LogP contribution in [0.15, 0.2) is 29.2 Å². The molecule has 0 unspecified atom stereocenters. The normalized spacial score (nSPS) is 11.1. The van der Waals surface area contributed by atoms with Gasteiger partial charge in [0.25, 0.3) is 0 Å². The van der Waals surface area contributed by atoms with Gasteiger partial charge in [0.15, 0.2) is 5.65 Å². The topological polar surface area (TPSA) is 68.4 Å². The maximum Gasteiger partial charge on any atom is 0.350 e. The van der Waals surface area contributed by atoms with Crippen molar-refractivity contribution in [1.82, 2.24) is 19.5 Å². The maximum absolute atomic E-state index is 11.9. The first kappa shape index (κ1) is 12.3. The van der Waals surface area contributed by atoms with Gasteiger partial charge in [-0.3, -0.25) is 9.20 Å². The van der Waals surface area contributed by atoms with Crippen LogP contribution >= 0.6 is 0 Å². The molecule has 2 aromatic heterocycles. The van der Waals surface area contributed by atoms with E-state index in [0.717, 1.165) is 0 Å². The van der Waals surface area contributed by atoms with Gasteiger partial charge in [0, 0.05) is 12.7 Å². The fourth-order valence-electron chi connectivity index (χ4n) is 1.58. The van der Waals surface area contributed by atoms with Crippen LogP contribution in [0.4, 0.5) is 0 Å². The number of fused-ring (bicyclic) bond motifs is 1. The molecule has 0 aliphatic heterocycles. The molecule has 6 heteroatoms. The molecule has 0 aliphatic carbocycles. The molecule has 0 aromatic carbocycles. The molecule has 0 radical (unpaired) electrons. The van der Waals surface area contributed by atoms with E-state index in [4.69, 9.17) is 0 Å². The first-order chi connectivity index (χ1) is 8.58. The Morgan fingerprint density at radius 1 is 1.44 bits per heavy atom. The van der Waals surface area contributed by atoms with Crippen molar-refractivity contribution < 1.29 is 4.79 Å². The van der Waals surface area contributed by atoms with Gasteiger partial charge < -0.3 is 5.32 Å². The summed E-state index contributed by atoms with van der Waals surface area (Å²) in [5, 5.41) is 6.84. The molecule has 2 heterocycles. The highest BCUT2D eigenvalue weighted by molar-refractivity contribution is 5.75. The Hall–Kier alpha value is -2.11. The van der Waals surface area contributed by atoms with E-state index in [-0.39, 0.29) is 18.1 Å². The number of nitrogens with one attached hydrogen (secondary N) is 1. The zero-order valence-corrected chi connectivity index (χ0v) is 10.5. The van der Waals surface area contributed by atoms with Gasteiger partial charge in [-0.15, -0.1) is 5.10 Å². The molecule has 0 saturated carbocycles. The second-order valence-corrected chi connectivity index (χ2v) is 4.57. The average molecular weight is 248 g/mol. The minimum atomic E-state index is -0.301. The largest absolute Gasteiger partial charge is 0.354 e. The molecule has 18 heavy (non-hydrogen) atoms. The minimum absolute atomic E-state index is 0.0484. The monoisotopic (exact) mass is 248 g/mol. The predicted molar refractivity (Wildman–Crippen MR) is 67.3 cm³/mol. The summed E-state index contributed by atoms with van der Waals surface area (Å²) in [6.45, 7) is 4.57. The van der Waals surface area contributed by atoms with Crippen molar-refractivity contribution in [2.75, 3.05) is 6.54 Å². The van der Waals surface area contributed by atoms with Crippen molar-refractivity contribution in [1.29, 1.82) is 0 Å². The lowest BCUT2D eigenvalue weighted by molar-refractivity contribution is -0.122. The van der Waals surface area contributed by atoms with E-state index in [1.165, 1.54) is 9.08 Å². The van der Waals surface area contributed by atoms with Gasteiger partial charge in [-0.05, 0) is 18.1 Å². The van der Waals surface area contributed by atoms with Gasteiger partial charge in [0.1, 0.15) is 6.54 Å². The molecule has 2 aromatic rings. The smallest absolute Gasteiger partial charge is 0.350 e. The molecule has 6 nitrogen and oxygen atoms in total. The number of hydrogen-bond acceptors (Lipinski definition) is 3. The lowest BCUT2D eigenvalue weighted by Gasteiger charge is -2.06. The van der Waals surface area contributed by atoms with Crippen LogP contribution in [-0.4, -0.2) is 26.6 Å². The van der Waals surface area contributed by atoms with E-state index >= 15 is 0 Å². The van der Waals surface area contributed by atoms with Crippen molar-refractivity contribution in [2.24, 2.45) is 5.92 Å². The molecular weight excluding hydrogens is 232 g/mol. The first-order valence-corrected chi connectivity index (χ1v) is 5.89. The van der Waals surface area contributed by atoms with Gasteiger partial charge >= 0.3 is 5.69 Å². The molecule has 2 rings (SSSR count). The summed E-state index contributed by atoms with van der Waals surface area (Å²) in [5.74, 6) is 0.181. The Kier molecular flexibility index (Phi) is 3.45. The lowest BCUT2D eigenvalue weighted by atomic mass is 10.2. The maximum atomic E-state index is 11.9. The molecule has 1 N–H and O–H groups in total. The second-order valence-electron chi connectivity index (χ2n) is 4.57. The highest BCUT2D eigenvalue weighted by atomic mass is 16.2. The number of aromatic nitrogens is 3. The summed E-state index contributed by atoms with van der Waals surface area (Å²) in [6.07, 6.45) is 1.63. The van der Waals surface area contributed by atoms with Crippen LogP contribution < -0.4 is 11.0 Å². The number of hydrogen-bond donors (Lipinski definition) is 1. The lowest BCUT2D eigenvalue weighted by Crippen LogP contribution is -2.34. The van der Waals surface area contributed by atoms with Crippen LogP contribution in [0.25, 0.3) is 5.65 Å². The molecule has 0 bridgehead atoms. The van der Waals surface area contributed by atoms with Crippen LogP contribution in [0.1, 0.15) is 13.8 Å². The van der Waals surface area contributed by atoms with E-state index in [9.17, 15) is 9.59 Å². The fraction of sp³-hybridized carbons (Fsp3) is 0.417. The number of pyridine rings is 1. The highest BCUT2D eigenvalue weighted by Crippen LogP contribution is 1.95. The third-order valence-corrected chi connectivity index (χ3v) is 2.49. The number of rotatable bonds is 4. The Morgan fingerprint density at radius 3 is 2.89 bits per heavy atom. The standard InChI is InChI=1S/C12H16N4O2/c1-9(2)7-13-11(17)8-16-12(18)15-6-4-3-5-10(15)14-16/h3-6,9H,7-8H2,1-2H3,(H,13,17). The molecule has 96 valence electrons. The van der Waals surface area contributed by atoms with Crippen molar-refractivity contribution in [3.05, 3.63) is 34.9 Å². The van der Waals surface area contributed by atoms with Crippen molar-refractivity contribution in [2.45, 2.75) is 20.4 Å². The number of carbonyl (C=O) groups is 1. The van der Waals surface area contributed by atoms with Crippen molar-refractivity contribution >= 4 is 11.6 Å². The van der Waals surface area contributed by atoms with Crippen LogP contribution in [-0.2, 0) is 11.3 Å². The van der Waals surface area contributed by atoms with Crippen LogP contribution in [0.3, 0.4) is 0 Å². The van der Waals surface area contributed by atoms with Crippen LogP contribution in [0.2, 0.25) is 0 Å². The summed E-state index contributed by atoms with van der Waals surface area (Å²) in [5.41, 5.74) is 0.240. The van der Waals surface area contributed by atoms with Crippen LogP contribution in [0.5, 0.6) is 0 Å². The van der Waals surface area contributed by atoms with E-state index in [0.29, 0.717) is 18.1 Å². The second kappa shape index (κ2) is 5.03. The minimum Gasteiger partial charge on any atom is -0.354 e. The van der Waals surface area contributed by atoms with Crippen molar-refractivity contribution in [3.63, 3.8) is 0 Å². The van der Waals surface area contributed by atoms with Gasteiger partial charge in [-0.1, -0.05) is 19.9 Å². The zero-order valence-electron chi connectivity index (χ0n) is 10.5. The van der Waals surface area contributed by atoms with E-state index < -0.39 is 0 Å². The first-order valence-electron chi connectivity index (χ1n) is 5.89. The van der Waals surface area contributed by atoms with E-state index in [1.54, 1.807) is 24.4 Å². The Balaban J connectivity index is 2.15. The molecule has 1 amide bonds. The van der Waals surface area contributed by atoms with Crippen LogP contribution in [0, 0.1) is 5.92 Å². The Morgan fingerprint density at radius 2 is 2.22 bits per heavy atom. The predicted octanol–water partition coefficient (Wildman–Crippen LogP) is 0.268. The Bertz CT molecular complexity index is 612. The van der Waals surface area contributed by atoms with Gasteiger partial charge in [0.2, 0.25) is 5.91 Å². The third kappa shape index (κ3) is 2.58. The summed E-state index contributed by atoms with van der Waals surface area (Å²) in [4.78, 5) is 23.5. The van der Waals surface area contributed by atoms with Gasteiger partial charge in [-0.2, -0.15) is 0 Å². The summed E-state index contributed by atoms with van der Waals surface area (Å²) >= 11 is 0. The van der Waals surface area contributed by atoms with Crippen molar-refractivity contribution in [3.8, 4) is 0 Å². The van der Waals surface area contributed by atoms with Gasteiger partial charge in [0.05, 0.1) is 0 Å². The molecule has 0 fully saturated rings. The number of nitrogens with zero attached hydrogens (tertiary/aromatic N) is 3. The van der Waals surface area contributed by atoms with Gasteiger partial charge in [-0.25, -0.2) is 9.48 Å². The molecule has 0 atom stereocenters. The quantitative estimate of drug-likeness (QED) is 0.844. The molecule has 0 saturated heterocycles. The molecule has 0 spiro atoms. The number of amides is 1. The number of carbonyl (C=O) groups excluding carboxylic acids is 1. The Labute approximate surface area is 104 Å². The third-order valence-electron chi connectivity index (χ3n) is 2.49. The molecule has 0 aliphatic rings. The SMILES string of the molecule is CC(C)CNC(=O)Cn1nc2ccccn2c1=O. The molecular formula is C12H16N4O2. The summed E-state index contributed by atoms with van der Waals surface area (Å²) in [6, 6.07) is 5.27. The average Bonchev–Trinajstić information content (AvgIpc) is 2.65. The summed E-state index contributed by atoms with van der Waals surface area (Å²) < 4.78 is 2.58. The zero-order chi connectivity index (χ0) is 13.1. The van der Waals surface area contributed by atoms with E-state index in [1.807, 2.05) is 13.8 Å². The fourth-order valence-corrected chi connectivity index (χ4v) is 1.58. The summed E-state index contributed by atoms with van der Waals surface area (Å²) in [7, 11) is 0. The highest BCUT2D eigenvalue weighted by Gasteiger charge is 2.10. The van der Waals surface area contributed by atoms with E-state index in [2.05, 4.69) is 10.4 Å².